The second kappa shape index (κ2) is 7.77. The van der Waals surface area contributed by atoms with Crippen molar-refractivity contribution in [3.05, 3.63) is 64.6 Å². The molecular weight excluding hydrogens is 386 g/mol. The lowest BCUT2D eigenvalue weighted by atomic mass is 10.2. The van der Waals surface area contributed by atoms with Gasteiger partial charge in [-0.3, -0.25) is 4.79 Å². The van der Waals surface area contributed by atoms with Gasteiger partial charge in [-0.25, -0.2) is 0 Å². The van der Waals surface area contributed by atoms with Gasteiger partial charge in [0.25, 0.3) is 5.91 Å². The quantitative estimate of drug-likeness (QED) is 0.776. The molecule has 1 saturated heterocycles. The number of rotatable bonds is 2. The van der Waals surface area contributed by atoms with E-state index >= 15 is 0 Å². The summed E-state index contributed by atoms with van der Waals surface area (Å²) in [5, 5.41) is 3.95. The largest absolute Gasteiger partial charge is 0.345 e. The highest BCUT2D eigenvalue weighted by Crippen LogP contribution is 2.17. The molecule has 1 fully saturated rings. The number of halogens is 1. The minimum atomic E-state index is 0.0844. The number of amides is 1. The monoisotopic (exact) mass is 403 g/mol. The van der Waals surface area contributed by atoms with Crippen molar-refractivity contribution in [1.82, 2.24) is 9.80 Å². The molecule has 0 spiro atoms. The molecule has 1 aliphatic rings. The first kappa shape index (κ1) is 16.9. The van der Waals surface area contributed by atoms with Crippen LogP contribution in [0.25, 0.3) is 0 Å². The van der Waals surface area contributed by atoms with Gasteiger partial charge in [-0.1, -0.05) is 40.2 Å². The minimum absolute atomic E-state index is 0.0844. The predicted molar refractivity (Wildman–Crippen MR) is 104 cm³/mol. The van der Waals surface area contributed by atoms with Crippen molar-refractivity contribution in [1.29, 1.82) is 0 Å². The summed E-state index contributed by atoms with van der Waals surface area (Å²) in [6.45, 7) is 2.82. The van der Waals surface area contributed by atoms with E-state index in [0.717, 1.165) is 28.8 Å². The molecule has 1 N–H and O–H groups in total. The number of carbonyl (C=O) groups excluding carboxylic acids is 1. The van der Waals surface area contributed by atoms with Crippen LogP contribution in [0.1, 0.15) is 10.4 Å². The van der Waals surface area contributed by atoms with E-state index in [9.17, 15) is 4.79 Å². The molecule has 1 amide bonds. The normalized spacial score (nSPS) is 14.4. The van der Waals surface area contributed by atoms with Gasteiger partial charge in [-0.05, 0) is 42.5 Å². The molecule has 0 aliphatic carbocycles. The Morgan fingerprint density at radius 1 is 0.958 bits per heavy atom. The van der Waals surface area contributed by atoms with Crippen LogP contribution in [0.2, 0.25) is 0 Å². The summed E-state index contributed by atoms with van der Waals surface area (Å²) in [7, 11) is 0. The lowest BCUT2D eigenvalue weighted by Crippen LogP contribution is -2.51. The number of benzene rings is 2. The molecule has 0 bridgehead atoms. The van der Waals surface area contributed by atoms with E-state index in [1.807, 2.05) is 59.5 Å². The van der Waals surface area contributed by atoms with Crippen LogP contribution in [-0.4, -0.2) is 47.0 Å². The fraction of sp³-hybridized carbons (Fsp3) is 0.222. The topological polar surface area (TPSA) is 35.6 Å². The number of carbonyl (C=O) groups is 1. The molecule has 0 saturated carbocycles. The molecule has 0 atom stereocenters. The van der Waals surface area contributed by atoms with E-state index in [0.29, 0.717) is 18.2 Å². The number of hydrogen-bond donors (Lipinski definition) is 1. The standard InChI is InChI=1S/C18H18BrN3OS/c19-15-7-4-8-16(13-15)20-18(24)22-11-9-21(10-12-22)17(23)14-5-2-1-3-6-14/h1-8,13H,9-12H2,(H,20,24). The summed E-state index contributed by atoms with van der Waals surface area (Å²) in [6, 6.07) is 17.3. The Bertz CT molecular complexity index is 730. The van der Waals surface area contributed by atoms with Crippen molar-refractivity contribution in [2.75, 3.05) is 31.5 Å². The maximum Gasteiger partial charge on any atom is 0.253 e. The predicted octanol–water partition coefficient (Wildman–Crippen LogP) is 3.60. The van der Waals surface area contributed by atoms with E-state index in [4.69, 9.17) is 12.2 Å². The third kappa shape index (κ3) is 4.13. The van der Waals surface area contributed by atoms with Crippen molar-refractivity contribution < 1.29 is 4.79 Å². The molecule has 0 radical (unpaired) electrons. The zero-order valence-electron chi connectivity index (χ0n) is 13.1. The highest BCUT2D eigenvalue weighted by molar-refractivity contribution is 9.10. The first-order chi connectivity index (χ1) is 11.6. The minimum Gasteiger partial charge on any atom is -0.345 e. The van der Waals surface area contributed by atoms with Crippen LogP contribution in [0.4, 0.5) is 5.69 Å². The van der Waals surface area contributed by atoms with Crippen molar-refractivity contribution in [2.24, 2.45) is 0 Å². The molecule has 24 heavy (non-hydrogen) atoms. The Morgan fingerprint density at radius 3 is 2.29 bits per heavy atom. The van der Waals surface area contributed by atoms with Crippen LogP contribution >= 0.6 is 28.1 Å². The van der Waals surface area contributed by atoms with E-state index in [-0.39, 0.29) is 5.91 Å². The Hall–Kier alpha value is -1.92. The number of hydrogen-bond acceptors (Lipinski definition) is 2. The zero-order valence-corrected chi connectivity index (χ0v) is 15.5. The average molecular weight is 404 g/mol. The third-order valence-corrected chi connectivity index (χ3v) is 4.80. The number of piperazine rings is 1. The molecule has 1 aliphatic heterocycles. The smallest absolute Gasteiger partial charge is 0.253 e. The summed E-state index contributed by atoms with van der Waals surface area (Å²) < 4.78 is 1.01. The van der Waals surface area contributed by atoms with Gasteiger partial charge >= 0.3 is 0 Å². The highest BCUT2D eigenvalue weighted by atomic mass is 79.9. The van der Waals surface area contributed by atoms with Gasteiger partial charge < -0.3 is 15.1 Å². The van der Waals surface area contributed by atoms with Crippen LogP contribution < -0.4 is 5.32 Å². The van der Waals surface area contributed by atoms with Gasteiger partial charge in [0.05, 0.1) is 0 Å². The molecule has 124 valence electrons. The van der Waals surface area contributed by atoms with Gasteiger partial charge in [0.1, 0.15) is 0 Å². The highest BCUT2D eigenvalue weighted by Gasteiger charge is 2.23. The van der Waals surface area contributed by atoms with Crippen molar-refractivity contribution in [3.8, 4) is 0 Å². The Balaban J connectivity index is 1.55. The number of nitrogens with zero attached hydrogens (tertiary/aromatic N) is 2. The molecule has 4 nitrogen and oxygen atoms in total. The van der Waals surface area contributed by atoms with E-state index in [2.05, 4.69) is 26.1 Å². The summed E-state index contributed by atoms with van der Waals surface area (Å²) >= 11 is 8.95. The van der Waals surface area contributed by atoms with Gasteiger partial charge in [0.2, 0.25) is 0 Å². The lowest BCUT2D eigenvalue weighted by Gasteiger charge is -2.36. The van der Waals surface area contributed by atoms with Crippen LogP contribution in [0.15, 0.2) is 59.1 Å². The molecule has 2 aromatic carbocycles. The molecule has 2 aromatic rings. The maximum absolute atomic E-state index is 12.5. The first-order valence-corrected chi connectivity index (χ1v) is 8.99. The SMILES string of the molecule is O=C(c1ccccc1)N1CCN(C(=S)Nc2cccc(Br)c2)CC1. The van der Waals surface area contributed by atoms with Crippen molar-refractivity contribution in [2.45, 2.75) is 0 Å². The maximum atomic E-state index is 12.5. The summed E-state index contributed by atoms with van der Waals surface area (Å²) in [6.07, 6.45) is 0. The molecule has 3 rings (SSSR count). The van der Waals surface area contributed by atoms with Gasteiger partial charge in [-0.15, -0.1) is 0 Å². The number of thiocarbonyl (C=S) groups is 1. The second-order valence-electron chi connectivity index (χ2n) is 5.59. The fourth-order valence-corrected chi connectivity index (χ4v) is 3.34. The van der Waals surface area contributed by atoms with Gasteiger partial charge in [0, 0.05) is 41.9 Å². The zero-order chi connectivity index (χ0) is 16.9. The summed E-state index contributed by atoms with van der Waals surface area (Å²) in [5.41, 5.74) is 1.69. The van der Waals surface area contributed by atoms with Crippen LogP contribution in [0.5, 0.6) is 0 Å². The van der Waals surface area contributed by atoms with E-state index in [1.165, 1.54) is 0 Å². The van der Waals surface area contributed by atoms with Gasteiger partial charge in [0.15, 0.2) is 5.11 Å². The second-order valence-corrected chi connectivity index (χ2v) is 6.89. The molecular formula is C18H18BrN3OS. The van der Waals surface area contributed by atoms with Crippen LogP contribution in [0.3, 0.4) is 0 Å². The lowest BCUT2D eigenvalue weighted by molar-refractivity contribution is 0.0693. The van der Waals surface area contributed by atoms with Gasteiger partial charge in [-0.2, -0.15) is 0 Å². The number of nitrogens with one attached hydrogen (secondary N) is 1. The fourth-order valence-electron chi connectivity index (χ4n) is 2.64. The molecule has 1 heterocycles. The summed E-state index contributed by atoms with van der Waals surface area (Å²) in [5.74, 6) is 0.0844. The van der Waals surface area contributed by atoms with E-state index in [1.54, 1.807) is 0 Å². The third-order valence-electron chi connectivity index (χ3n) is 3.95. The van der Waals surface area contributed by atoms with Crippen LogP contribution in [0, 0.1) is 0 Å². The van der Waals surface area contributed by atoms with Crippen molar-refractivity contribution in [3.63, 3.8) is 0 Å². The Morgan fingerprint density at radius 2 is 1.62 bits per heavy atom. The van der Waals surface area contributed by atoms with Crippen LogP contribution in [-0.2, 0) is 0 Å². The number of anilines is 1. The Labute approximate surface area is 155 Å². The molecule has 6 heteroatoms. The Kier molecular flexibility index (Phi) is 5.48. The average Bonchev–Trinajstić information content (AvgIpc) is 2.62. The molecule has 0 aromatic heterocycles. The first-order valence-electron chi connectivity index (χ1n) is 7.79. The molecule has 0 unspecified atom stereocenters. The van der Waals surface area contributed by atoms with Crippen molar-refractivity contribution >= 4 is 44.9 Å². The summed E-state index contributed by atoms with van der Waals surface area (Å²) in [4.78, 5) is 16.4. The van der Waals surface area contributed by atoms with E-state index < -0.39 is 0 Å².